The van der Waals surface area contributed by atoms with E-state index < -0.39 is 11.9 Å². The molecule has 0 atom stereocenters. The van der Waals surface area contributed by atoms with Crippen molar-refractivity contribution in [2.45, 2.75) is 25.4 Å². The number of rotatable bonds is 6. The fourth-order valence-electron chi connectivity index (χ4n) is 1.66. The molecule has 0 radical (unpaired) electrons. The van der Waals surface area contributed by atoms with E-state index in [9.17, 15) is 14.4 Å². The molecule has 19 heavy (non-hydrogen) atoms. The third kappa shape index (κ3) is 3.84. The summed E-state index contributed by atoms with van der Waals surface area (Å²) in [4.78, 5) is 33.8. The second-order valence-electron chi connectivity index (χ2n) is 4.44. The maximum absolute atomic E-state index is 11.8. The lowest BCUT2D eigenvalue weighted by atomic mass is 10.4. The summed E-state index contributed by atoms with van der Waals surface area (Å²) < 4.78 is 1.32. The van der Waals surface area contributed by atoms with E-state index in [4.69, 9.17) is 5.11 Å². The van der Waals surface area contributed by atoms with Crippen LogP contribution in [0.2, 0.25) is 0 Å². The zero-order valence-electron chi connectivity index (χ0n) is 10.3. The van der Waals surface area contributed by atoms with Crippen LogP contribution in [-0.4, -0.2) is 40.0 Å². The number of carbonyl (C=O) groups is 3. The van der Waals surface area contributed by atoms with Gasteiger partial charge in [0.1, 0.15) is 12.2 Å². The molecule has 0 unspecified atom stereocenters. The minimum Gasteiger partial charge on any atom is -0.480 e. The number of carboxylic acid groups (broad SMARTS) is 1. The van der Waals surface area contributed by atoms with Gasteiger partial charge in [0.05, 0.1) is 6.54 Å². The van der Waals surface area contributed by atoms with E-state index in [0.29, 0.717) is 0 Å². The van der Waals surface area contributed by atoms with Crippen molar-refractivity contribution in [2.75, 3.05) is 6.54 Å². The quantitative estimate of drug-likeness (QED) is 0.650. The second kappa shape index (κ2) is 5.55. The SMILES string of the molecule is O=C(O)Cn1cccc1C(=O)NCC(=O)NC1CC1. The monoisotopic (exact) mass is 265 g/mol. The fraction of sp³-hybridized carbons (Fsp3) is 0.417. The number of nitrogens with zero attached hydrogens (tertiary/aromatic N) is 1. The van der Waals surface area contributed by atoms with Gasteiger partial charge >= 0.3 is 5.97 Å². The van der Waals surface area contributed by atoms with Crippen molar-refractivity contribution in [3.63, 3.8) is 0 Å². The van der Waals surface area contributed by atoms with Gasteiger partial charge in [-0.25, -0.2) is 0 Å². The van der Waals surface area contributed by atoms with E-state index in [1.165, 1.54) is 16.8 Å². The van der Waals surface area contributed by atoms with Crippen molar-refractivity contribution in [1.82, 2.24) is 15.2 Å². The zero-order valence-corrected chi connectivity index (χ0v) is 10.3. The highest BCUT2D eigenvalue weighted by atomic mass is 16.4. The summed E-state index contributed by atoms with van der Waals surface area (Å²) in [5, 5.41) is 13.9. The maximum atomic E-state index is 11.8. The summed E-state index contributed by atoms with van der Waals surface area (Å²) in [6.45, 7) is -0.391. The Morgan fingerprint density at radius 3 is 2.74 bits per heavy atom. The number of amides is 2. The smallest absolute Gasteiger partial charge is 0.323 e. The Kier molecular flexibility index (Phi) is 3.84. The Morgan fingerprint density at radius 1 is 1.37 bits per heavy atom. The molecule has 7 heteroatoms. The topological polar surface area (TPSA) is 100 Å². The highest BCUT2D eigenvalue weighted by Crippen LogP contribution is 2.18. The number of carboxylic acids is 1. The van der Waals surface area contributed by atoms with Crippen molar-refractivity contribution in [3.05, 3.63) is 24.0 Å². The first kappa shape index (κ1) is 13.1. The van der Waals surface area contributed by atoms with E-state index in [0.717, 1.165) is 12.8 Å². The van der Waals surface area contributed by atoms with Crippen LogP contribution in [0, 0.1) is 0 Å². The molecule has 0 saturated heterocycles. The molecule has 2 amide bonds. The van der Waals surface area contributed by atoms with Crippen LogP contribution >= 0.6 is 0 Å². The van der Waals surface area contributed by atoms with Crippen LogP contribution in [0.25, 0.3) is 0 Å². The number of aromatic nitrogens is 1. The first-order valence-corrected chi connectivity index (χ1v) is 6.01. The average Bonchev–Trinajstić information content (AvgIpc) is 3.03. The van der Waals surface area contributed by atoms with Gasteiger partial charge in [-0.2, -0.15) is 0 Å². The van der Waals surface area contributed by atoms with Gasteiger partial charge in [0.2, 0.25) is 5.91 Å². The molecule has 0 bridgehead atoms. The predicted octanol–water partition coefficient (Wildman–Crippen LogP) is -0.419. The molecule has 3 N–H and O–H groups in total. The molecule has 1 aromatic rings. The highest BCUT2D eigenvalue weighted by Gasteiger charge is 2.23. The Bertz CT molecular complexity index is 505. The van der Waals surface area contributed by atoms with Gasteiger partial charge < -0.3 is 20.3 Å². The first-order valence-electron chi connectivity index (χ1n) is 6.01. The molecule has 1 saturated carbocycles. The molecule has 1 fully saturated rings. The third-order valence-corrected chi connectivity index (χ3v) is 2.72. The number of aliphatic carboxylic acids is 1. The lowest BCUT2D eigenvalue weighted by molar-refractivity contribution is -0.137. The molecule has 0 aliphatic heterocycles. The molecule has 7 nitrogen and oxygen atoms in total. The van der Waals surface area contributed by atoms with Crippen LogP contribution in [0.5, 0.6) is 0 Å². The Morgan fingerprint density at radius 2 is 2.11 bits per heavy atom. The van der Waals surface area contributed by atoms with Crippen LogP contribution in [-0.2, 0) is 16.1 Å². The normalized spacial score (nSPS) is 13.9. The van der Waals surface area contributed by atoms with Crippen molar-refractivity contribution in [1.29, 1.82) is 0 Å². The number of carbonyl (C=O) groups excluding carboxylic acids is 2. The van der Waals surface area contributed by atoms with Gasteiger partial charge in [-0.05, 0) is 25.0 Å². The van der Waals surface area contributed by atoms with E-state index >= 15 is 0 Å². The molecule has 2 rings (SSSR count). The Hall–Kier alpha value is -2.31. The Balaban J connectivity index is 1.86. The summed E-state index contributed by atoms with van der Waals surface area (Å²) in [6, 6.07) is 3.35. The van der Waals surface area contributed by atoms with Crippen molar-refractivity contribution in [2.24, 2.45) is 0 Å². The molecule has 0 aromatic carbocycles. The summed E-state index contributed by atoms with van der Waals surface area (Å²) in [6.07, 6.45) is 3.48. The van der Waals surface area contributed by atoms with Gasteiger partial charge in [-0.15, -0.1) is 0 Å². The molecular formula is C12H15N3O4. The van der Waals surface area contributed by atoms with Crippen molar-refractivity contribution < 1.29 is 19.5 Å². The predicted molar refractivity (Wildman–Crippen MR) is 65.6 cm³/mol. The van der Waals surface area contributed by atoms with E-state index in [-0.39, 0.29) is 30.7 Å². The minimum atomic E-state index is -1.03. The highest BCUT2D eigenvalue weighted by molar-refractivity contribution is 5.95. The molecular weight excluding hydrogens is 250 g/mol. The first-order chi connectivity index (χ1) is 9.06. The number of hydrogen-bond acceptors (Lipinski definition) is 3. The van der Waals surface area contributed by atoms with Crippen molar-refractivity contribution >= 4 is 17.8 Å². The van der Waals surface area contributed by atoms with Gasteiger partial charge in [-0.1, -0.05) is 0 Å². The van der Waals surface area contributed by atoms with Gasteiger partial charge in [0, 0.05) is 12.2 Å². The third-order valence-electron chi connectivity index (χ3n) is 2.72. The number of hydrogen-bond donors (Lipinski definition) is 3. The molecule has 1 aromatic heterocycles. The molecule has 1 aliphatic carbocycles. The standard InChI is InChI=1S/C12H15N3O4/c16-10(14-8-3-4-8)6-13-12(19)9-2-1-5-15(9)7-11(17)18/h1-2,5,8H,3-4,6-7H2,(H,13,19)(H,14,16)(H,17,18). The van der Waals surface area contributed by atoms with Gasteiger partial charge in [0.15, 0.2) is 0 Å². The van der Waals surface area contributed by atoms with E-state index in [1.807, 2.05) is 0 Å². The summed E-state index contributed by atoms with van der Waals surface area (Å²) >= 11 is 0. The van der Waals surface area contributed by atoms with Gasteiger partial charge in [-0.3, -0.25) is 14.4 Å². The summed E-state index contributed by atoms with van der Waals surface area (Å²) in [7, 11) is 0. The summed E-state index contributed by atoms with van der Waals surface area (Å²) in [5.74, 6) is -1.72. The zero-order chi connectivity index (χ0) is 13.8. The van der Waals surface area contributed by atoms with Crippen LogP contribution in [0.1, 0.15) is 23.3 Å². The second-order valence-corrected chi connectivity index (χ2v) is 4.44. The van der Waals surface area contributed by atoms with Crippen molar-refractivity contribution in [3.8, 4) is 0 Å². The maximum Gasteiger partial charge on any atom is 0.323 e. The largest absolute Gasteiger partial charge is 0.480 e. The lowest BCUT2D eigenvalue weighted by Crippen LogP contribution is -2.38. The van der Waals surface area contributed by atoms with Gasteiger partial charge in [0.25, 0.3) is 5.91 Å². The molecule has 1 heterocycles. The van der Waals surface area contributed by atoms with Crippen LogP contribution in [0.3, 0.4) is 0 Å². The molecule has 1 aliphatic rings. The van der Waals surface area contributed by atoms with E-state index in [2.05, 4.69) is 10.6 Å². The van der Waals surface area contributed by atoms with Crippen LogP contribution in [0.15, 0.2) is 18.3 Å². The lowest BCUT2D eigenvalue weighted by Gasteiger charge is -2.08. The molecule has 0 spiro atoms. The van der Waals surface area contributed by atoms with Crippen LogP contribution < -0.4 is 10.6 Å². The minimum absolute atomic E-state index is 0.104. The average molecular weight is 265 g/mol. The fourth-order valence-corrected chi connectivity index (χ4v) is 1.66. The number of nitrogens with one attached hydrogen (secondary N) is 2. The van der Waals surface area contributed by atoms with E-state index in [1.54, 1.807) is 6.07 Å². The Labute approximate surface area is 109 Å². The molecule has 102 valence electrons. The van der Waals surface area contributed by atoms with Crippen LogP contribution in [0.4, 0.5) is 0 Å². The summed E-state index contributed by atoms with van der Waals surface area (Å²) in [5.41, 5.74) is 0.224.